The van der Waals surface area contributed by atoms with Crippen molar-refractivity contribution in [2.75, 3.05) is 0 Å². The van der Waals surface area contributed by atoms with Crippen LogP contribution in [-0.2, 0) is 0 Å². The van der Waals surface area contributed by atoms with Gasteiger partial charge in [-0.05, 0) is 23.6 Å². The number of benzene rings is 2. The Balaban J connectivity index is 1.98. The number of hydrogen-bond donors (Lipinski definition) is 1. The van der Waals surface area contributed by atoms with Gasteiger partial charge >= 0.3 is 5.97 Å². The van der Waals surface area contributed by atoms with E-state index in [0.29, 0.717) is 5.06 Å². The molecule has 0 amide bonds. The van der Waals surface area contributed by atoms with Crippen LogP contribution in [0.1, 0.15) is 9.67 Å². The van der Waals surface area contributed by atoms with Gasteiger partial charge in [0.05, 0.1) is 0 Å². The minimum atomic E-state index is -0.933. The second kappa shape index (κ2) is 4.74. The zero-order valence-electron chi connectivity index (χ0n) is 9.87. The van der Waals surface area contributed by atoms with Crippen LogP contribution in [-0.4, -0.2) is 11.1 Å². The molecule has 0 atom stereocenters. The minimum Gasteiger partial charge on any atom is -0.477 e. The number of carboxylic acids is 1. The van der Waals surface area contributed by atoms with E-state index in [1.165, 1.54) is 0 Å². The highest BCUT2D eigenvalue weighted by Gasteiger charge is 2.09. The van der Waals surface area contributed by atoms with E-state index in [2.05, 4.69) is 0 Å². The van der Waals surface area contributed by atoms with Crippen LogP contribution in [0.25, 0.3) is 10.8 Å². The monoisotopic (exact) mass is 270 g/mol. The maximum absolute atomic E-state index is 10.8. The SMILES string of the molecule is O=C(O)c1ccc(Oc2cccc3ccccc23)s1. The van der Waals surface area contributed by atoms with Crippen LogP contribution in [0.4, 0.5) is 0 Å². The van der Waals surface area contributed by atoms with Gasteiger partial charge in [-0.3, -0.25) is 0 Å². The molecule has 1 heterocycles. The third kappa shape index (κ3) is 2.30. The first kappa shape index (κ1) is 11.7. The standard InChI is InChI=1S/C15H10O3S/c16-15(17)13-8-9-14(19-13)18-12-7-3-5-10-4-1-2-6-11(10)12/h1-9H,(H,16,17). The highest BCUT2D eigenvalue weighted by molar-refractivity contribution is 7.15. The third-order valence-electron chi connectivity index (χ3n) is 2.75. The molecule has 1 N–H and O–H groups in total. The second-order valence-corrected chi connectivity index (χ2v) is 5.05. The van der Waals surface area contributed by atoms with Gasteiger partial charge in [-0.2, -0.15) is 0 Å². The summed E-state index contributed by atoms with van der Waals surface area (Å²) in [7, 11) is 0. The molecule has 1 aromatic heterocycles. The van der Waals surface area contributed by atoms with Crippen molar-refractivity contribution in [1.29, 1.82) is 0 Å². The molecule has 0 aliphatic carbocycles. The zero-order valence-corrected chi connectivity index (χ0v) is 10.7. The van der Waals surface area contributed by atoms with Crippen molar-refractivity contribution in [1.82, 2.24) is 0 Å². The molecule has 94 valence electrons. The van der Waals surface area contributed by atoms with E-state index in [4.69, 9.17) is 9.84 Å². The summed E-state index contributed by atoms with van der Waals surface area (Å²) in [5.41, 5.74) is 0. The Hall–Kier alpha value is -2.33. The fourth-order valence-corrected chi connectivity index (χ4v) is 2.59. The Bertz CT molecular complexity index is 740. The minimum absolute atomic E-state index is 0.273. The van der Waals surface area contributed by atoms with E-state index in [1.54, 1.807) is 12.1 Å². The number of thiophene rings is 1. The van der Waals surface area contributed by atoms with Gasteiger partial charge in [-0.1, -0.05) is 47.7 Å². The molecule has 0 bridgehead atoms. The predicted molar refractivity (Wildman–Crippen MR) is 75.3 cm³/mol. The molecule has 3 nitrogen and oxygen atoms in total. The van der Waals surface area contributed by atoms with Crippen molar-refractivity contribution in [3.63, 3.8) is 0 Å². The van der Waals surface area contributed by atoms with Crippen molar-refractivity contribution in [2.45, 2.75) is 0 Å². The van der Waals surface area contributed by atoms with Crippen LogP contribution in [0.5, 0.6) is 10.8 Å². The molecule has 0 aliphatic rings. The van der Waals surface area contributed by atoms with Crippen molar-refractivity contribution >= 4 is 28.1 Å². The molecule has 0 radical (unpaired) electrons. The molecule has 0 saturated heterocycles. The van der Waals surface area contributed by atoms with Crippen LogP contribution in [0, 0.1) is 0 Å². The Kier molecular flexibility index (Phi) is 2.93. The average molecular weight is 270 g/mol. The molecule has 19 heavy (non-hydrogen) atoms. The third-order valence-corrected chi connectivity index (χ3v) is 3.70. The number of aromatic carboxylic acids is 1. The van der Waals surface area contributed by atoms with E-state index in [-0.39, 0.29) is 4.88 Å². The molecule has 0 aliphatic heterocycles. The molecule has 4 heteroatoms. The zero-order chi connectivity index (χ0) is 13.2. The van der Waals surface area contributed by atoms with Crippen molar-refractivity contribution in [2.24, 2.45) is 0 Å². The Morgan fingerprint density at radius 3 is 2.58 bits per heavy atom. The molecule has 0 unspecified atom stereocenters. The van der Waals surface area contributed by atoms with Crippen LogP contribution in [0.3, 0.4) is 0 Å². The fraction of sp³-hybridized carbons (Fsp3) is 0. The summed E-state index contributed by atoms with van der Waals surface area (Å²) >= 11 is 1.12. The van der Waals surface area contributed by atoms with Crippen LogP contribution >= 0.6 is 11.3 Å². The summed E-state index contributed by atoms with van der Waals surface area (Å²) in [5.74, 6) is -0.199. The number of fused-ring (bicyclic) bond motifs is 1. The average Bonchev–Trinajstić information content (AvgIpc) is 2.88. The van der Waals surface area contributed by atoms with Crippen LogP contribution in [0.15, 0.2) is 54.6 Å². The molecule has 0 fully saturated rings. The number of ether oxygens (including phenoxy) is 1. The van der Waals surface area contributed by atoms with Gasteiger partial charge in [-0.25, -0.2) is 4.79 Å². The molecule has 2 aromatic carbocycles. The fourth-order valence-electron chi connectivity index (χ4n) is 1.88. The van der Waals surface area contributed by atoms with Crippen molar-refractivity contribution < 1.29 is 14.6 Å². The summed E-state index contributed by atoms with van der Waals surface area (Å²) in [6.07, 6.45) is 0. The van der Waals surface area contributed by atoms with E-state index >= 15 is 0 Å². The highest BCUT2D eigenvalue weighted by Crippen LogP contribution is 2.33. The Morgan fingerprint density at radius 2 is 1.79 bits per heavy atom. The number of rotatable bonds is 3. The predicted octanol–water partition coefficient (Wildman–Crippen LogP) is 4.39. The lowest BCUT2D eigenvalue weighted by molar-refractivity contribution is 0.0702. The van der Waals surface area contributed by atoms with Gasteiger partial charge in [-0.15, -0.1) is 0 Å². The smallest absolute Gasteiger partial charge is 0.345 e. The summed E-state index contributed by atoms with van der Waals surface area (Å²) in [4.78, 5) is 11.1. The Morgan fingerprint density at radius 1 is 1.00 bits per heavy atom. The van der Waals surface area contributed by atoms with Gasteiger partial charge in [0.15, 0.2) is 5.06 Å². The van der Waals surface area contributed by atoms with Gasteiger partial charge < -0.3 is 9.84 Å². The summed E-state index contributed by atoms with van der Waals surface area (Å²) < 4.78 is 5.78. The summed E-state index contributed by atoms with van der Waals surface area (Å²) in [6.45, 7) is 0. The first-order valence-corrected chi connectivity index (χ1v) is 6.54. The van der Waals surface area contributed by atoms with E-state index in [9.17, 15) is 4.79 Å². The van der Waals surface area contributed by atoms with Crippen molar-refractivity contribution in [3.05, 3.63) is 59.5 Å². The van der Waals surface area contributed by atoms with Gasteiger partial charge in [0.2, 0.25) is 0 Å². The first-order valence-electron chi connectivity index (χ1n) is 5.73. The molecule has 0 saturated carbocycles. The lowest BCUT2D eigenvalue weighted by atomic mass is 10.1. The Labute approximate surface area is 113 Å². The van der Waals surface area contributed by atoms with E-state index < -0.39 is 5.97 Å². The van der Waals surface area contributed by atoms with Gasteiger partial charge in [0, 0.05) is 5.39 Å². The van der Waals surface area contributed by atoms with E-state index in [0.717, 1.165) is 27.9 Å². The molecular weight excluding hydrogens is 260 g/mol. The maximum atomic E-state index is 10.8. The normalized spacial score (nSPS) is 10.5. The quantitative estimate of drug-likeness (QED) is 0.767. The second-order valence-electron chi connectivity index (χ2n) is 4.00. The number of carboxylic acid groups (broad SMARTS) is 1. The van der Waals surface area contributed by atoms with Crippen LogP contribution < -0.4 is 4.74 Å². The lowest BCUT2D eigenvalue weighted by Crippen LogP contribution is -1.89. The van der Waals surface area contributed by atoms with Crippen LogP contribution in [0.2, 0.25) is 0 Å². The number of hydrogen-bond acceptors (Lipinski definition) is 3. The molecular formula is C15H10O3S. The van der Waals surface area contributed by atoms with E-state index in [1.807, 2.05) is 42.5 Å². The maximum Gasteiger partial charge on any atom is 0.345 e. The largest absolute Gasteiger partial charge is 0.477 e. The van der Waals surface area contributed by atoms with Gasteiger partial charge in [0.25, 0.3) is 0 Å². The number of carbonyl (C=O) groups is 1. The summed E-state index contributed by atoms with van der Waals surface area (Å²) in [6, 6.07) is 17.0. The lowest BCUT2D eigenvalue weighted by Gasteiger charge is -2.06. The van der Waals surface area contributed by atoms with Gasteiger partial charge in [0.1, 0.15) is 10.6 Å². The molecule has 3 rings (SSSR count). The topological polar surface area (TPSA) is 46.5 Å². The highest BCUT2D eigenvalue weighted by atomic mass is 32.1. The first-order chi connectivity index (χ1) is 9.24. The molecule has 0 spiro atoms. The molecule has 3 aromatic rings. The summed E-state index contributed by atoms with van der Waals surface area (Å²) in [5, 5.41) is 11.6. The van der Waals surface area contributed by atoms with Crippen molar-refractivity contribution in [3.8, 4) is 10.8 Å².